The number of halogens is 1. The smallest absolute Gasteiger partial charge is 0.210 e. The summed E-state index contributed by atoms with van der Waals surface area (Å²) < 4.78 is 16.5. The Hall–Kier alpha value is -2.95. The number of benzene rings is 1. The molecule has 0 aliphatic rings. The highest BCUT2D eigenvalue weighted by Crippen LogP contribution is 2.31. The van der Waals surface area contributed by atoms with Gasteiger partial charge in [-0.1, -0.05) is 6.08 Å². The minimum atomic E-state index is -0.318. The van der Waals surface area contributed by atoms with Crippen LogP contribution in [0.4, 0.5) is 4.39 Å². The van der Waals surface area contributed by atoms with Crippen LogP contribution in [0.15, 0.2) is 53.6 Å². The second-order valence-corrected chi connectivity index (χ2v) is 5.33. The van der Waals surface area contributed by atoms with Gasteiger partial charge in [0, 0.05) is 47.4 Å². The fourth-order valence-electron chi connectivity index (χ4n) is 2.72. The Labute approximate surface area is 132 Å². The third-order valence-electron chi connectivity index (χ3n) is 3.97. The zero-order valence-corrected chi connectivity index (χ0v) is 12.9. The van der Waals surface area contributed by atoms with Crippen molar-refractivity contribution in [2.45, 2.75) is 6.92 Å². The van der Waals surface area contributed by atoms with E-state index in [9.17, 15) is 9.50 Å². The van der Waals surface area contributed by atoms with E-state index < -0.39 is 0 Å². The molecule has 0 saturated heterocycles. The number of aryl methyl sites for hydroxylation is 1. The molecule has 116 valence electrons. The molecule has 0 atom stereocenters. The van der Waals surface area contributed by atoms with Gasteiger partial charge >= 0.3 is 0 Å². The van der Waals surface area contributed by atoms with Crippen LogP contribution in [0.25, 0.3) is 27.4 Å². The molecule has 1 aromatic carbocycles. The van der Waals surface area contributed by atoms with E-state index >= 15 is 0 Å². The predicted octanol–water partition coefficient (Wildman–Crippen LogP) is 4.37. The van der Waals surface area contributed by atoms with Crippen molar-refractivity contribution in [2.75, 3.05) is 0 Å². The molecule has 0 aliphatic heterocycles. The molecule has 3 rings (SSSR count). The number of rotatable bonds is 3. The highest BCUT2D eigenvalue weighted by Gasteiger charge is 2.13. The summed E-state index contributed by atoms with van der Waals surface area (Å²) in [6.45, 7) is 5.00. The van der Waals surface area contributed by atoms with Crippen LogP contribution >= 0.6 is 0 Å². The van der Waals surface area contributed by atoms with Crippen molar-refractivity contribution < 1.29 is 9.50 Å². The Kier molecular flexibility index (Phi) is 3.70. The summed E-state index contributed by atoms with van der Waals surface area (Å²) in [5, 5.41) is 11.1. The lowest BCUT2D eigenvalue weighted by Crippen LogP contribution is -1.91. The molecule has 0 saturated carbocycles. The standard InChI is InChI=1S/C18H16FN3O/c1-11(4-5-18(23)20-2)12-9-17-13(8-15(12)19)14-10-21-7-6-16(14)22(17)3/h4-10,23H,2H2,1,3H3/b11-4+,18-5+. The Morgan fingerprint density at radius 2 is 2.09 bits per heavy atom. The molecule has 2 heterocycles. The number of hydrogen-bond donors (Lipinski definition) is 1. The molecule has 0 amide bonds. The van der Waals surface area contributed by atoms with Gasteiger partial charge in [0.1, 0.15) is 5.82 Å². The molecule has 5 heteroatoms. The normalized spacial score (nSPS) is 13.0. The molecule has 3 aromatic rings. The fourth-order valence-corrected chi connectivity index (χ4v) is 2.72. The molecule has 1 N–H and O–H groups in total. The molecular formula is C18H16FN3O. The van der Waals surface area contributed by atoms with E-state index in [1.165, 1.54) is 12.1 Å². The SMILES string of the molecule is C=N/C(O)=C\C=C(/C)c1cc2c(cc1F)c1cnccc1n2C. The van der Waals surface area contributed by atoms with Gasteiger partial charge < -0.3 is 9.67 Å². The summed E-state index contributed by atoms with van der Waals surface area (Å²) in [5.74, 6) is -0.524. The summed E-state index contributed by atoms with van der Waals surface area (Å²) in [6, 6.07) is 5.25. The summed E-state index contributed by atoms with van der Waals surface area (Å²) in [7, 11) is 1.94. The number of hydrogen-bond acceptors (Lipinski definition) is 3. The highest BCUT2D eigenvalue weighted by atomic mass is 19.1. The van der Waals surface area contributed by atoms with Crippen molar-refractivity contribution in [2.24, 2.45) is 12.0 Å². The molecular weight excluding hydrogens is 293 g/mol. The van der Waals surface area contributed by atoms with E-state index in [0.29, 0.717) is 11.1 Å². The van der Waals surface area contributed by atoms with Crippen molar-refractivity contribution in [3.05, 3.63) is 60.0 Å². The molecule has 0 aliphatic carbocycles. The molecule has 4 nitrogen and oxygen atoms in total. The average molecular weight is 309 g/mol. The van der Waals surface area contributed by atoms with Crippen LogP contribution < -0.4 is 0 Å². The fraction of sp³-hybridized carbons (Fsp3) is 0.111. The van der Waals surface area contributed by atoms with E-state index in [1.807, 2.05) is 23.7 Å². The van der Waals surface area contributed by atoms with Gasteiger partial charge in [-0.2, -0.15) is 0 Å². The number of aliphatic hydroxyl groups excluding tert-OH is 1. The van der Waals surface area contributed by atoms with Crippen LogP contribution in [0.2, 0.25) is 0 Å². The number of aliphatic imine (C=N–C) groups is 1. The lowest BCUT2D eigenvalue weighted by molar-refractivity contribution is 0.408. The zero-order chi connectivity index (χ0) is 16.6. The third-order valence-corrected chi connectivity index (χ3v) is 3.97. The van der Waals surface area contributed by atoms with E-state index in [2.05, 4.69) is 16.7 Å². The van der Waals surface area contributed by atoms with E-state index in [0.717, 1.165) is 21.8 Å². The molecule has 0 bridgehead atoms. The molecule has 0 spiro atoms. The summed E-state index contributed by atoms with van der Waals surface area (Å²) in [5.41, 5.74) is 3.08. The van der Waals surface area contributed by atoms with Crippen LogP contribution in [-0.4, -0.2) is 21.4 Å². The maximum absolute atomic E-state index is 14.5. The quantitative estimate of drug-likeness (QED) is 0.444. The largest absolute Gasteiger partial charge is 0.493 e. The van der Waals surface area contributed by atoms with Gasteiger partial charge in [-0.05, 0) is 37.4 Å². The van der Waals surface area contributed by atoms with Gasteiger partial charge in [0.15, 0.2) is 0 Å². The van der Waals surface area contributed by atoms with Gasteiger partial charge in [-0.25, -0.2) is 9.38 Å². The van der Waals surface area contributed by atoms with Crippen molar-refractivity contribution in [1.29, 1.82) is 0 Å². The highest BCUT2D eigenvalue weighted by molar-refractivity contribution is 6.08. The van der Waals surface area contributed by atoms with Gasteiger partial charge in [-0.15, -0.1) is 0 Å². The first-order valence-electron chi connectivity index (χ1n) is 7.09. The minimum Gasteiger partial charge on any atom is -0.493 e. The second-order valence-electron chi connectivity index (χ2n) is 5.33. The van der Waals surface area contributed by atoms with Crippen molar-refractivity contribution in [3.63, 3.8) is 0 Å². The first-order valence-corrected chi connectivity index (χ1v) is 7.09. The number of allylic oxidation sites excluding steroid dienone is 3. The van der Waals surface area contributed by atoms with Gasteiger partial charge in [0.05, 0.1) is 5.52 Å². The molecule has 0 radical (unpaired) electrons. The van der Waals surface area contributed by atoms with E-state index in [-0.39, 0.29) is 11.7 Å². The zero-order valence-electron chi connectivity index (χ0n) is 12.9. The number of nitrogens with zero attached hydrogens (tertiary/aromatic N) is 3. The Balaban J connectivity index is 2.24. The van der Waals surface area contributed by atoms with Crippen molar-refractivity contribution >= 4 is 34.1 Å². The number of aliphatic hydroxyl groups is 1. The second kappa shape index (κ2) is 5.68. The average Bonchev–Trinajstić information content (AvgIpc) is 2.84. The van der Waals surface area contributed by atoms with E-state index in [1.54, 1.807) is 25.4 Å². The summed E-state index contributed by atoms with van der Waals surface area (Å²) >= 11 is 0. The van der Waals surface area contributed by atoms with E-state index in [4.69, 9.17) is 0 Å². The first-order chi connectivity index (χ1) is 11.0. The van der Waals surface area contributed by atoms with Gasteiger partial charge in [0.25, 0.3) is 0 Å². The number of fused-ring (bicyclic) bond motifs is 3. The van der Waals surface area contributed by atoms with Gasteiger partial charge in [0.2, 0.25) is 5.88 Å². The van der Waals surface area contributed by atoms with Crippen molar-refractivity contribution in [1.82, 2.24) is 9.55 Å². The van der Waals surface area contributed by atoms with Crippen molar-refractivity contribution in [3.8, 4) is 0 Å². The van der Waals surface area contributed by atoms with Crippen LogP contribution in [0.5, 0.6) is 0 Å². The van der Waals surface area contributed by atoms with Crippen LogP contribution in [0, 0.1) is 5.82 Å². The predicted molar refractivity (Wildman–Crippen MR) is 92.1 cm³/mol. The topological polar surface area (TPSA) is 50.4 Å². The Morgan fingerprint density at radius 1 is 1.30 bits per heavy atom. The molecule has 2 aromatic heterocycles. The Bertz CT molecular complexity index is 983. The molecule has 0 unspecified atom stereocenters. The lowest BCUT2D eigenvalue weighted by Gasteiger charge is -2.05. The van der Waals surface area contributed by atoms with Crippen LogP contribution in [0.3, 0.4) is 0 Å². The molecule has 0 fully saturated rings. The number of pyridine rings is 1. The molecule has 23 heavy (non-hydrogen) atoms. The van der Waals surface area contributed by atoms with Crippen LogP contribution in [-0.2, 0) is 7.05 Å². The first kappa shape index (κ1) is 15.0. The monoisotopic (exact) mass is 309 g/mol. The maximum Gasteiger partial charge on any atom is 0.210 e. The van der Waals surface area contributed by atoms with Crippen LogP contribution in [0.1, 0.15) is 12.5 Å². The maximum atomic E-state index is 14.5. The number of aromatic nitrogens is 2. The Morgan fingerprint density at radius 3 is 2.83 bits per heavy atom. The summed E-state index contributed by atoms with van der Waals surface area (Å²) in [6.07, 6.45) is 6.46. The summed E-state index contributed by atoms with van der Waals surface area (Å²) in [4.78, 5) is 7.51. The lowest BCUT2D eigenvalue weighted by atomic mass is 10.0. The minimum absolute atomic E-state index is 0.207. The van der Waals surface area contributed by atoms with Gasteiger partial charge in [-0.3, -0.25) is 4.98 Å². The third kappa shape index (κ3) is 2.50.